The van der Waals surface area contributed by atoms with E-state index < -0.39 is 6.03 Å². The maximum absolute atomic E-state index is 12.0. The Hall–Kier alpha value is -4.21. The molecule has 3 aromatic heterocycles. The monoisotopic (exact) mass is 391 g/mol. The smallest absolute Gasteiger partial charge is 0.324 e. The van der Waals surface area contributed by atoms with Gasteiger partial charge in [0.05, 0.1) is 11.8 Å². The van der Waals surface area contributed by atoms with E-state index in [-0.39, 0.29) is 0 Å². The zero-order chi connectivity index (χ0) is 20.2. The predicted molar refractivity (Wildman–Crippen MR) is 105 cm³/mol. The van der Waals surface area contributed by atoms with Gasteiger partial charge in [0.1, 0.15) is 11.5 Å². The van der Waals surface area contributed by atoms with Crippen molar-refractivity contribution in [2.75, 3.05) is 10.6 Å². The SMILES string of the molecule is Cc1cc(NC(=O)Nc2ccc(Oc3ccnc(-c4cnn(C)c4)n3)cc2)no1. The Labute approximate surface area is 165 Å². The Morgan fingerprint density at radius 3 is 2.69 bits per heavy atom. The van der Waals surface area contributed by atoms with Gasteiger partial charge in [0.15, 0.2) is 11.6 Å². The first-order chi connectivity index (χ1) is 14.0. The maximum Gasteiger partial charge on any atom is 0.324 e. The summed E-state index contributed by atoms with van der Waals surface area (Å²) < 4.78 is 12.4. The molecule has 4 rings (SSSR count). The van der Waals surface area contributed by atoms with Crippen LogP contribution in [0.5, 0.6) is 11.6 Å². The van der Waals surface area contributed by atoms with Gasteiger partial charge in [-0.25, -0.2) is 9.78 Å². The molecule has 1 aromatic carbocycles. The summed E-state index contributed by atoms with van der Waals surface area (Å²) in [5, 5.41) is 13.1. The number of urea groups is 1. The molecular formula is C19H17N7O3. The van der Waals surface area contributed by atoms with E-state index in [0.717, 1.165) is 5.56 Å². The van der Waals surface area contributed by atoms with E-state index in [2.05, 4.69) is 30.9 Å². The highest BCUT2D eigenvalue weighted by Gasteiger charge is 2.08. The molecule has 2 N–H and O–H groups in total. The predicted octanol–water partition coefficient (Wildman–Crippen LogP) is 3.61. The summed E-state index contributed by atoms with van der Waals surface area (Å²) in [5.41, 5.74) is 1.39. The van der Waals surface area contributed by atoms with Gasteiger partial charge in [0.25, 0.3) is 0 Å². The number of anilines is 2. The van der Waals surface area contributed by atoms with Crippen molar-refractivity contribution in [1.29, 1.82) is 0 Å². The first-order valence-corrected chi connectivity index (χ1v) is 8.66. The molecule has 0 bridgehead atoms. The standard InChI is InChI=1S/C19H17N7O3/c1-12-9-16(25-29-12)23-19(27)22-14-3-5-15(6-4-14)28-17-7-8-20-18(24-17)13-10-21-26(2)11-13/h3-11H,1-2H3,(H2,22,23,25,27). The van der Waals surface area contributed by atoms with Gasteiger partial charge in [-0.1, -0.05) is 5.16 Å². The van der Waals surface area contributed by atoms with Gasteiger partial charge < -0.3 is 14.6 Å². The van der Waals surface area contributed by atoms with Crippen molar-refractivity contribution in [3.05, 3.63) is 60.7 Å². The first-order valence-electron chi connectivity index (χ1n) is 8.66. The average molecular weight is 391 g/mol. The van der Waals surface area contributed by atoms with Crippen LogP contribution in [0.2, 0.25) is 0 Å². The van der Waals surface area contributed by atoms with Crippen LogP contribution >= 0.6 is 0 Å². The number of ether oxygens (including phenoxy) is 1. The highest BCUT2D eigenvalue weighted by Crippen LogP contribution is 2.23. The van der Waals surface area contributed by atoms with Crippen LogP contribution in [0.4, 0.5) is 16.3 Å². The summed E-state index contributed by atoms with van der Waals surface area (Å²) in [7, 11) is 1.83. The molecule has 0 unspecified atom stereocenters. The fourth-order valence-electron chi connectivity index (χ4n) is 2.51. The van der Waals surface area contributed by atoms with E-state index in [1.807, 2.05) is 13.2 Å². The van der Waals surface area contributed by atoms with Gasteiger partial charge in [0, 0.05) is 37.3 Å². The van der Waals surface area contributed by atoms with Gasteiger partial charge in [-0.15, -0.1) is 0 Å². The minimum absolute atomic E-state index is 0.341. The maximum atomic E-state index is 12.0. The minimum Gasteiger partial charge on any atom is -0.439 e. The number of benzene rings is 1. The third-order valence-electron chi connectivity index (χ3n) is 3.80. The van der Waals surface area contributed by atoms with Gasteiger partial charge in [-0.2, -0.15) is 10.1 Å². The zero-order valence-electron chi connectivity index (χ0n) is 15.7. The summed E-state index contributed by atoms with van der Waals surface area (Å²) in [4.78, 5) is 20.6. The molecule has 0 radical (unpaired) electrons. The number of amides is 2. The lowest BCUT2D eigenvalue weighted by molar-refractivity contribution is 0.262. The van der Waals surface area contributed by atoms with Crippen molar-refractivity contribution in [2.45, 2.75) is 6.92 Å². The number of hydrogen-bond donors (Lipinski definition) is 2. The second-order valence-electron chi connectivity index (χ2n) is 6.15. The molecule has 10 heteroatoms. The zero-order valence-corrected chi connectivity index (χ0v) is 15.7. The number of hydrogen-bond acceptors (Lipinski definition) is 7. The lowest BCUT2D eigenvalue weighted by Crippen LogP contribution is -2.19. The summed E-state index contributed by atoms with van der Waals surface area (Å²) in [6.07, 6.45) is 5.13. The largest absolute Gasteiger partial charge is 0.439 e. The normalized spacial score (nSPS) is 10.6. The molecule has 0 saturated carbocycles. The van der Waals surface area contributed by atoms with Gasteiger partial charge >= 0.3 is 6.03 Å². The van der Waals surface area contributed by atoms with Crippen molar-refractivity contribution < 1.29 is 14.1 Å². The van der Waals surface area contributed by atoms with Gasteiger partial charge in [-0.3, -0.25) is 10.00 Å². The Morgan fingerprint density at radius 1 is 1.17 bits per heavy atom. The fourth-order valence-corrected chi connectivity index (χ4v) is 2.51. The van der Waals surface area contributed by atoms with E-state index in [9.17, 15) is 4.79 Å². The topological polar surface area (TPSA) is 120 Å². The molecule has 0 spiro atoms. The van der Waals surface area contributed by atoms with E-state index >= 15 is 0 Å². The fraction of sp³-hybridized carbons (Fsp3) is 0.105. The Kier molecular flexibility index (Phi) is 4.89. The number of nitrogens with one attached hydrogen (secondary N) is 2. The highest BCUT2D eigenvalue weighted by molar-refractivity contribution is 5.99. The van der Waals surface area contributed by atoms with Crippen molar-refractivity contribution in [3.63, 3.8) is 0 Å². The van der Waals surface area contributed by atoms with Crippen LogP contribution < -0.4 is 15.4 Å². The quantitative estimate of drug-likeness (QED) is 0.533. The number of rotatable bonds is 5. The molecule has 0 aliphatic heterocycles. The molecule has 10 nitrogen and oxygen atoms in total. The summed E-state index contributed by atoms with van der Waals surface area (Å²) >= 11 is 0. The van der Waals surface area contributed by atoms with Crippen LogP contribution in [0.25, 0.3) is 11.4 Å². The van der Waals surface area contributed by atoms with Crippen molar-refractivity contribution in [3.8, 4) is 23.0 Å². The molecule has 4 aromatic rings. The average Bonchev–Trinajstić information content (AvgIpc) is 3.32. The van der Waals surface area contributed by atoms with Crippen molar-refractivity contribution >= 4 is 17.5 Å². The van der Waals surface area contributed by atoms with Crippen LogP contribution in [0, 0.1) is 6.92 Å². The molecule has 146 valence electrons. The molecule has 3 heterocycles. The molecule has 0 atom stereocenters. The van der Waals surface area contributed by atoms with Crippen molar-refractivity contribution in [1.82, 2.24) is 24.9 Å². The Bertz CT molecular complexity index is 1130. The van der Waals surface area contributed by atoms with Crippen LogP contribution in [0.3, 0.4) is 0 Å². The van der Waals surface area contributed by atoms with Crippen LogP contribution in [0.15, 0.2) is 59.5 Å². The van der Waals surface area contributed by atoms with Crippen molar-refractivity contribution in [2.24, 2.45) is 7.05 Å². The Morgan fingerprint density at radius 2 is 2.00 bits per heavy atom. The van der Waals surface area contributed by atoms with E-state index in [1.54, 1.807) is 60.4 Å². The number of carbonyl (C=O) groups excluding carboxylic acids is 1. The molecule has 2 amide bonds. The Balaban J connectivity index is 1.39. The lowest BCUT2D eigenvalue weighted by Gasteiger charge is -2.08. The van der Waals surface area contributed by atoms with Crippen LogP contribution in [0.1, 0.15) is 5.76 Å². The summed E-state index contributed by atoms with van der Waals surface area (Å²) in [6, 6.07) is 9.74. The molecule has 0 saturated heterocycles. The second-order valence-corrected chi connectivity index (χ2v) is 6.15. The lowest BCUT2D eigenvalue weighted by atomic mass is 10.3. The number of aromatic nitrogens is 5. The van der Waals surface area contributed by atoms with E-state index in [4.69, 9.17) is 9.26 Å². The number of aryl methyl sites for hydroxylation is 2. The summed E-state index contributed by atoms with van der Waals surface area (Å²) in [5.74, 6) is 2.44. The van der Waals surface area contributed by atoms with Crippen LogP contribution in [-0.4, -0.2) is 30.9 Å². The molecular weight excluding hydrogens is 374 g/mol. The first kappa shape index (κ1) is 18.2. The number of nitrogens with zero attached hydrogens (tertiary/aromatic N) is 5. The molecule has 0 aliphatic rings. The van der Waals surface area contributed by atoms with Crippen LogP contribution in [-0.2, 0) is 7.05 Å². The second kappa shape index (κ2) is 7.80. The third kappa shape index (κ3) is 4.56. The van der Waals surface area contributed by atoms with Gasteiger partial charge in [-0.05, 0) is 31.2 Å². The summed E-state index contributed by atoms with van der Waals surface area (Å²) in [6.45, 7) is 1.74. The third-order valence-corrected chi connectivity index (χ3v) is 3.80. The number of carbonyl (C=O) groups is 1. The highest BCUT2D eigenvalue weighted by atomic mass is 16.5. The molecule has 29 heavy (non-hydrogen) atoms. The molecule has 0 aliphatic carbocycles. The van der Waals surface area contributed by atoms with Gasteiger partial charge in [0.2, 0.25) is 5.88 Å². The minimum atomic E-state index is -0.427. The molecule has 0 fully saturated rings. The van der Waals surface area contributed by atoms with E-state index in [1.165, 1.54) is 0 Å². The van der Waals surface area contributed by atoms with E-state index in [0.29, 0.717) is 34.7 Å².